The van der Waals surface area contributed by atoms with Gasteiger partial charge in [0, 0.05) is 17.5 Å². The van der Waals surface area contributed by atoms with E-state index in [0.717, 1.165) is 30.4 Å². The second-order valence-electron chi connectivity index (χ2n) is 5.41. The number of rotatable bonds is 5. The quantitative estimate of drug-likeness (QED) is 0.337. The number of carbonyl (C=O) groups excluding carboxylic acids is 1. The van der Waals surface area contributed by atoms with Gasteiger partial charge in [0.2, 0.25) is 0 Å². The van der Waals surface area contributed by atoms with Crippen LogP contribution in [0.2, 0.25) is 0 Å². The minimum absolute atomic E-state index is 0.0511. The summed E-state index contributed by atoms with van der Waals surface area (Å²) in [6.07, 6.45) is 6.47. The van der Waals surface area contributed by atoms with Crippen LogP contribution in [0.15, 0.2) is 54.6 Å². The van der Waals surface area contributed by atoms with Crippen molar-refractivity contribution in [3.8, 4) is 17.9 Å². The number of hydrogen-bond acceptors (Lipinski definition) is 2. The van der Waals surface area contributed by atoms with Crippen LogP contribution in [0, 0.1) is 23.2 Å². The highest BCUT2D eigenvalue weighted by atomic mass is 16.1. The monoisotopic (exact) mass is 313 g/mol. The first kappa shape index (κ1) is 17.3. The number of nitriles is 1. The SMILES string of the molecule is CCCCC#Cc1ccc(C(=O)C=Cc2ccc(C#N)cc2)cc1. The molecule has 0 atom stereocenters. The van der Waals surface area contributed by atoms with Gasteiger partial charge < -0.3 is 0 Å². The summed E-state index contributed by atoms with van der Waals surface area (Å²) in [5.74, 6) is 6.19. The second-order valence-corrected chi connectivity index (χ2v) is 5.41. The molecule has 0 saturated carbocycles. The van der Waals surface area contributed by atoms with Gasteiger partial charge in [-0.3, -0.25) is 4.79 Å². The van der Waals surface area contributed by atoms with E-state index >= 15 is 0 Å². The van der Waals surface area contributed by atoms with Gasteiger partial charge in [-0.1, -0.05) is 43.4 Å². The van der Waals surface area contributed by atoms with Crippen LogP contribution in [-0.2, 0) is 0 Å². The molecule has 0 aromatic heterocycles. The zero-order valence-corrected chi connectivity index (χ0v) is 13.8. The molecule has 0 fully saturated rings. The van der Waals surface area contributed by atoms with Gasteiger partial charge in [0.25, 0.3) is 0 Å². The molecule has 118 valence electrons. The van der Waals surface area contributed by atoms with Crippen LogP contribution in [0.25, 0.3) is 6.08 Å². The average molecular weight is 313 g/mol. The maximum atomic E-state index is 12.2. The van der Waals surface area contributed by atoms with Crippen LogP contribution in [-0.4, -0.2) is 5.78 Å². The summed E-state index contributed by atoms with van der Waals surface area (Å²) in [5, 5.41) is 8.77. The molecule has 24 heavy (non-hydrogen) atoms. The molecule has 2 aromatic carbocycles. The lowest BCUT2D eigenvalue weighted by molar-refractivity contribution is 0.104. The lowest BCUT2D eigenvalue weighted by Crippen LogP contribution is -1.93. The van der Waals surface area contributed by atoms with E-state index in [2.05, 4.69) is 24.8 Å². The first-order valence-electron chi connectivity index (χ1n) is 8.04. The number of nitrogens with zero attached hydrogens (tertiary/aromatic N) is 1. The molecule has 0 N–H and O–H groups in total. The molecule has 2 heteroatoms. The fourth-order valence-corrected chi connectivity index (χ4v) is 2.08. The highest BCUT2D eigenvalue weighted by molar-refractivity contribution is 6.06. The second kappa shape index (κ2) is 9.13. The Kier molecular flexibility index (Phi) is 6.57. The van der Waals surface area contributed by atoms with Crippen LogP contribution in [0.5, 0.6) is 0 Å². The Morgan fingerprint density at radius 2 is 1.71 bits per heavy atom. The highest BCUT2D eigenvalue weighted by Gasteiger charge is 2.01. The third kappa shape index (κ3) is 5.27. The summed E-state index contributed by atoms with van der Waals surface area (Å²) in [6.45, 7) is 2.15. The number of ketones is 1. The van der Waals surface area contributed by atoms with Crippen molar-refractivity contribution in [1.82, 2.24) is 0 Å². The van der Waals surface area contributed by atoms with E-state index in [4.69, 9.17) is 5.26 Å². The van der Waals surface area contributed by atoms with Crippen molar-refractivity contribution in [2.75, 3.05) is 0 Å². The van der Waals surface area contributed by atoms with E-state index in [1.165, 1.54) is 0 Å². The summed E-state index contributed by atoms with van der Waals surface area (Å²) < 4.78 is 0. The molecule has 0 spiro atoms. The van der Waals surface area contributed by atoms with Crippen LogP contribution in [0.1, 0.15) is 53.2 Å². The number of hydrogen-bond donors (Lipinski definition) is 0. The summed E-state index contributed by atoms with van der Waals surface area (Å²) in [7, 11) is 0. The summed E-state index contributed by atoms with van der Waals surface area (Å²) in [6, 6.07) is 16.5. The fraction of sp³-hybridized carbons (Fsp3) is 0.182. The van der Waals surface area contributed by atoms with Crippen LogP contribution in [0.4, 0.5) is 0 Å². The van der Waals surface area contributed by atoms with Gasteiger partial charge in [-0.2, -0.15) is 5.26 Å². The van der Waals surface area contributed by atoms with Crippen molar-refractivity contribution in [1.29, 1.82) is 5.26 Å². The first-order valence-corrected chi connectivity index (χ1v) is 8.04. The number of unbranched alkanes of at least 4 members (excludes halogenated alkanes) is 2. The number of allylic oxidation sites excluding steroid dienone is 1. The maximum Gasteiger partial charge on any atom is 0.185 e. The minimum Gasteiger partial charge on any atom is -0.289 e. The minimum atomic E-state index is -0.0511. The Morgan fingerprint density at radius 3 is 2.33 bits per heavy atom. The molecule has 0 heterocycles. The third-order valence-electron chi connectivity index (χ3n) is 3.52. The largest absolute Gasteiger partial charge is 0.289 e. The van der Waals surface area contributed by atoms with Gasteiger partial charge in [-0.25, -0.2) is 0 Å². The van der Waals surface area contributed by atoms with Crippen molar-refractivity contribution in [2.24, 2.45) is 0 Å². The Bertz CT molecular complexity index is 810. The molecular weight excluding hydrogens is 294 g/mol. The highest BCUT2D eigenvalue weighted by Crippen LogP contribution is 2.09. The average Bonchev–Trinajstić information content (AvgIpc) is 2.64. The number of benzene rings is 2. The molecule has 0 aliphatic rings. The van der Waals surface area contributed by atoms with E-state index in [1.54, 1.807) is 36.4 Å². The lowest BCUT2D eigenvalue weighted by Gasteiger charge is -1.97. The predicted molar refractivity (Wildman–Crippen MR) is 97.4 cm³/mol. The lowest BCUT2D eigenvalue weighted by atomic mass is 10.1. The van der Waals surface area contributed by atoms with Crippen molar-refractivity contribution in [3.63, 3.8) is 0 Å². The summed E-state index contributed by atoms with van der Waals surface area (Å²) in [4.78, 5) is 12.2. The van der Waals surface area contributed by atoms with Gasteiger partial charge in [0.1, 0.15) is 0 Å². The maximum absolute atomic E-state index is 12.2. The fourth-order valence-electron chi connectivity index (χ4n) is 2.08. The molecule has 0 aliphatic heterocycles. The van der Waals surface area contributed by atoms with Gasteiger partial charge in [0.15, 0.2) is 5.78 Å². The van der Waals surface area contributed by atoms with Crippen molar-refractivity contribution >= 4 is 11.9 Å². The van der Waals surface area contributed by atoms with Crippen LogP contribution >= 0.6 is 0 Å². The van der Waals surface area contributed by atoms with E-state index in [-0.39, 0.29) is 5.78 Å². The van der Waals surface area contributed by atoms with E-state index in [1.807, 2.05) is 24.3 Å². The Labute approximate surface area is 143 Å². The molecule has 2 rings (SSSR count). The zero-order chi connectivity index (χ0) is 17.2. The Morgan fingerprint density at radius 1 is 1.04 bits per heavy atom. The van der Waals surface area contributed by atoms with Gasteiger partial charge >= 0.3 is 0 Å². The van der Waals surface area contributed by atoms with Crippen LogP contribution < -0.4 is 0 Å². The van der Waals surface area contributed by atoms with Gasteiger partial charge in [-0.05, 0) is 54.5 Å². The zero-order valence-electron chi connectivity index (χ0n) is 13.8. The van der Waals surface area contributed by atoms with E-state index in [9.17, 15) is 4.79 Å². The topological polar surface area (TPSA) is 40.9 Å². The Balaban J connectivity index is 2.00. The van der Waals surface area contributed by atoms with Gasteiger partial charge in [-0.15, -0.1) is 0 Å². The van der Waals surface area contributed by atoms with Crippen molar-refractivity contribution < 1.29 is 4.79 Å². The molecule has 0 bridgehead atoms. The normalized spacial score (nSPS) is 10.0. The molecule has 0 unspecified atom stereocenters. The molecule has 2 nitrogen and oxygen atoms in total. The predicted octanol–water partition coefficient (Wildman–Crippen LogP) is 5.00. The molecule has 0 saturated heterocycles. The third-order valence-corrected chi connectivity index (χ3v) is 3.52. The van der Waals surface area contributed by atoms with E-state index in [0.29, 0.717) is 11.1 Å². The van der Waals surface area contributed by atoms with E-state index < -0.39 is 0 Å². The molecule has 2 aromatic rings. The smallest absolute Gasteiger partial charge is 0.185 e. The summed E-state index contributed by atoms with van der Waals surface area (Å²) in [5.41, 5.74) is 3.06. The Hall–Kier alpha value is -3.10. The van der Waals surface area contributed by atoms with Crippen molar-refractivity contribution in [2.45, 2.75) is 26.2 Å². The number of carbonyl (C=O) groups is 1. The van der Waals surface area contributed by atoms with Gasteiger partial charge in [0.05, 0.1) is 11.6 Å². The van der Waals surface area contributed by atoms with Crippen LogP contribution in [0.3, 0.4) is 0 Å². The standard InChI is InChI=1S/C22H19NO/c1-2-3-4-5-6-18-11-14-21(15-12-18)22(24)16-13-19-7-9-20(17-23)10-8-19/h7-16H,2-4H2,1H3. The van der Waals surface area contributed by atoms with Crippen molar-refractivity contribution in [3.05, 3.63) is 76.9 Å². The molecule has 0 aliphatic carbocycles. The molecule has 0 amide bonds. The molecular formula is C22H19NO. The first-order chi connectivity index (χ1) is 11.7. The summed E-state index contributed by atoms with van der Waals surface area (Å²) >= 11 is 0. The molecule has 0 radical (unpaired) electrons.